The minimum Gasteiger partial charge on any atom is -0.336 e. The summed E-state index contributed by atoms with van der Waals surface area (Å²) in [5.41, 5.74) is 0.404. The molecular weight excluding hydrogens is 437 g/mol. The molecule has 1 fully saturated rings. The van der Waals surface area contributed by atoms with Crippen molar-refractivity contribution in [3.05, 3.63) is 53.6 Å². The third-order valence-corrected chi connectivity index (χ3v) is 5.69. The molecule has 174 valence electrons. The largest absolute Gasteiger partial charge is 0.416 e. The van der Waals surface area contributed by atoms with E-state index in [1.165, 1.54) is 29.2 Å². The van der Waals surface area contributed by atoms with Crippen LogP contribution in [-0.4, -0.2) is 47.4 Å². The third-order valence-electron chi connectivity index (χ3n) is 5.69. The van der Waals surface area contributed by atoms with E-state index < -0.39 is 41.7 Å². The predicted molar refractivity (Wildman–Crippen MR) is 116 cm³/mol. The molecule has 10 heteroatoms. The van der Waals surface area contributed by atoms with Gasteiger partial charge in [0.1, 0.15) is 6.04 Å². The number of hydrogen-bond donors (Lipinski definition) is 3. The van der Waals surface area contributed by atoms with E-state index in [1.54, 1.807) is 19.9 Å². The van der Waals surface area contributed by atoms with E-state index in [4.69, 9.17) is 0 Å². The molecular formula is C23H23F3N4O3. The second-order valence-corrected chi connectivity index (χ2v) is 8.44. The summed E-state index contributed by atoms with van der Waals surface area (Å²) in [6, 6.07) is 7.43. The number of anilines is 1. The van der Waals surface area contributed by atoms with Crippen LogP contribution in [0.3, 0.4) is 0 Å². The summed E-state index contributed by atoms with van der Waals surface area (Å²) in [7, 11) is 0. The topological polar surface area (TPSA) is 90.5 Å². The molecule has 33 heavy (non-hydrogen) atoms. The summed E-state index contributed by atoms with van der Waals surface area (Å²) >= 11 is 0. The van der Waals surface area contributed by atoms with E-state index in [-0.39, 0.29) is 23.8 Å². The highest BCUT2D eigenvalue weighted by molar-refractivity contribution is 6.11. The zero-order chi connectivity index (χ0) is 23.9. The average molecular weight is 460 g/mol. The van der Waals surface area contributed by atoms with E-state index >= 15 is 0 Å². The molecule has 2 aliphatic heterocycles. The first kappa shape index (κ1) is 22.6. The molecule has 0 saturated carbocycles. The Morgan fingerprint density at radius 1 is 1.12 bits per heavy atom. The smallest absolute Gasteiger partial charge is 0.336 e. The van der Waals surface area contributed by atoms with E-state index in [9.17, 15) is 27.6 Å². The fourth-order valence-electron chi connectivity index (χ4n) is 4.21. The first-order valence-electron chi connectivity index (χ1n) is 10.5. The molecule has 0 bridgehead atoms. The lowest BCUT2D eigenvalue weighted by molar-refractivity contribution is -0.137. The average Bonchev–Trinajstić information content (AvgIpc) is 3.11. The third kappa shape index (κ3) is 4.50. The number of amides is 4. The highest BCUT2D eigenvalue weighted by Crippen LogP contribution is 2.35. The van der Waals surface area contributed by atoms with Gasteiger partial charge in [-0.3, -0.25) is 9.59 Å². The van der Waals surface area contributed by atoms with Crippen molar-refractivity contribution in [2.45, 2.75) is 44.6 Å². The van der Waals surface area contributed by atoms with Crippen LogP contribution in [0.15, 0.2) is 42.5 Å². The Balaban J connectivity index is 1.63. The number of fused-ring (bicyclic) bond motifs is 2. The van der Waals surface area contributed by atoms with Crippen molar-refractivity contribution < 1.29 is 27.6 Å². The van der Waals surface area contributed by atoms with Gasteiger partial charge >= 0.3 is 12.2 Å². The maximum absolute atomic E-state index is 13.3. The van der Waals surface area contributed by atoms with Crippen LogP contribution in [0.5, 0.6) is 0 Å². The first-order valence-corrected chi connectivity index (χ1v) is 10.5. The SMILES string of the molecule is CC(C)NC(=O)N[C@H]1CCN2C(=O)c3cc(-c4cccc(C(F)(F)F)c4)ccc3NC(=O)[C@H]12. The Morgan fingerprint density at radius 2 is 1.85 bits per heavy atom. The number of nitrogens with zero attached hydrogens (tertiary/aromatic N) is 1. The van der Waals surface area contributed by atoms with Crippen LogP contribution < -0.4 is 16.0 Å². The Morgan fingerprint density at radius 3 is 2.55 bits per heavy atom. The molecule has 2 heterocycles. The number of nitrogens with one attached hydrogen (secondary N) is 3. The fourth-order valence-corrected chi connectivity index (χ4v) is 4.21. The molecule has 2 aromatic rings. The number of benzene rings is 2. The van der Waals surface area contributed by atoms with Crippen LogP contribution in [0, 0.1) is 0 Å². The number of carbonyl (C=O) groups is 3. The van der Waals surface area contributed by atoms with Crippen molar-refractivity contribution >= 4 is 23.5 Å². The maximum Gasteiger partial charge on any atom is 0.416 e. The Bertz CT molecular complexity index is 1120. The van der Waals surface area contributed by atoms with Crippen molar-refractivity contribution in [2.24, 2.45) is 0 Å². The number of halogens is 3. The number of carbonyl (C=O) groups excluding carboxylic acids is 3. The van der Waals surface area contributed by atoms with Gasteiger partial charge in [0.15, 0.2) is 0 Å². The summed E-state index contributed by atoms with van der Waals surface area (Å²) in [5.74, 6) is -0.850. The van der Waals surface area contributed by atoms with Gasteiger partial charge in [0.25, 0.3) is 5.91 Å². The molecule has 1 saturated heterocycles. The van der Waals surface area contributed by atoms with Gasteiger partial charge in [0, 0.05) is 12.6 Å². The first-order chi connectivity index (χ1) is 15.5. The van der Waals surface area contributed by atoms with E-state index in [0.717, 1.165) is 12.1 Å². The molecule has 2 aromatic carbocycles. The lowest BCUT2D eigenvalue weighted by Crippen LogP contribution is -2.54. The summed E-state index contributed by atoms with van der Waals surface area (Å²) in [6.07, 6.45) is -4.09. The molecule has 0 aliphatic carbocycles. The van der Waals surface area contributed by atoms with Gasteiger partial charge in [-0.2, -0.15) is 13.2 Å². The molecule has 7 nitrogen and oxygen atoms in total. The molecule has 0 unspecified atom stereocenters. The van der Waals surface area contributed by atoms with Crippen molar-refractivity contribution in [3.8, 4) is 11.1 Å². The zero-order valence-corrected chi connectivity index (χ0v) is 18.0. The standard InChI is InChI=1S/C23H23F3N4O3/c1-12(2)27-22(33)29-18-8-9-30-19(18)20(31)28-17-7-6-14(11-16(17)21(30)32)13-4-3-5-15(10-13)23(24,25)26/h3-7,10-12,18-19H,8-9H2,1-2H3,(H,28,31)(H2,27,29,33)/t18-,19-/m0/s1. The molecule has 2 atom stereocenters. The van der Waals surface area contributed by atoms with Crippen LogP contribution in [0.1, 0.15) is 36.2 Å². The van der Waals surface area contributed by atoms with Gasteiger partial charge in [-0.15, -0.1) is 0 Å². The molecule has 0 radical (unpaired) electrons. The van der Waals surface area contributed by atoms with Gasteiger partial charge in [0.2, 0.25) is 5.91 Å². The van der Waals surface area contributed by atoms with Crippen molar-refractivity contribution in [1.82, 2.24) is 15.5 Å². The highest BCUT2D eigenvalue weighted by atomic mass is 19.4. The second kappa shape index (κ2) is 8.42. The van der Waals surface area contributed by atoms with Crippen LogP contribution in [-0.2, 0) is 11.0 Å². The molecule has 4 amide bonds. The van der Waals surface area contributed by atoms with Crippen molar-refractivity contribution in [3.63, 3.8) is 0 Å². The molecule has 2 aliphatic rings. The van der Waals surface area contributed by atoms with E-state index in [2.05, 4.69) is 16.0 Å². The molecule has 3 N–H and O–H groups in total. The summed E-state index contributed by atoms with van der Waals surface area (Å²) in [5, 5.41) is 8.19. The van der Waals surface area contributed by atoms with E-state index in [1.807, 2.05) is 0 Å². The molecule has 4 rings (SSSR count). The highest BCUT2D eigenvalue weighted by Gasteiger charge is 2.45. The summed E-state index contributed by atoms with van der Waals surface area (Å²) < 4.78 is 39.4. The monoisotopic (exact) mass is 460 g/mol. The van der Waals surface area contributed by atoms with Crippen LogP contribution in [0.4, 0.5) is 23.7 Å². The summed E-state index contributed by atoms with van der Waals surface area (Å²) in [6.45, 7) is 3.87. The lowest BCUT2D eigenvalue weighted by Gasteiger charge is -2.25. The lowest BCUT2D eigenvalue weighted by atomic mass is 9.99. The number of hydrogen-bond acceptors (Lipinski definition) is 3. The predicted octanol–water partition coefficient (Wildman–Crippen LogP) is 3.62. The van der Waals surface area contributed by atoms with Crippen LogP contribution >= 0.6 is 0 Å². The normalized spacial score (nSPS) is 20.1. The minimum absolute atomic E-state index is 0.0920. The zero-order valence-electron chi connectivity index (χ0n) is 18.0. The van der Waals surface area contributed by atoms with Crippen LogP contribution in [0.2, 0.25) is 0 Å². The number of urea groups is 1. The van der Waals surface area contributed by atoms with Gasteiger partial charge in [0.05, 0.1) is 22.9 Å². The summed E-state index contributed by atoms with van der Waals surface area (Å²) in [4.78, 5) is 39.8. The van der Waals surface area contributed by atoms with Crippen molar-refractivity contribution in [2.75, 3.05) is 11.9 Å². The quantitative estimate of drug-likeness (QED) is 0.654. The number of alkyl halides is 3. The number of rotatable bonds is 3. The van der Waals surface area contributed by atoms with Crippen molar-refractivity contribution in [1.29, 1.82) is 0 Å². The Labute approximate surface area is 188 Å². The molecule has 0 spiro atoms. The van der Waals surface area contributed by atoms with Gasteiger partial charge in [-0.1, -0.05) is 18.2 Å². The fraction of sp³-hybridized carbons (Fsp3) is 0.348. The van der Waals surface area contributed by atoms with Gasteiger partial charge < -0.3 is 20.9 Å². The van der Waals surface area contributed by atoms with Crippen LogP contribution in [0.25, 0.3) is 11.1 Å². The minimum atomic E-state index is -4.49. The van der Waals surface area contributed by atoms with Gasteiger partial charge in [-0.05, 0) is 55.7 Å². The second-order valence-electron chi connectivity index (χ2n) is 8.44. The maximum atomic E-state index is 13.3. The van der Waals surface area contributed by atoms with Gasteiger partial charge in [-0.25, -0.2) is 4.79 Å². The molecule has 0 aromatic heterocycles. The Hall–Kier alpha value is -3.56. The Kier molecular flexibility index (Phi) is 5.77. The van der Waals surface area contributed by atoms with E-state index in [0.29, 0.717) is 17.5 Å².